The minimum absolute atomic E-state index is 0.0928. The average Bonchev–Trinajstić information content (AvgIpc) is 3.34. The first-order chi connectivity index (χ1) is 14.0. The van der Waals surface area contributed by atoms with Crippen molar-refractivity contribution in [3.8, 4) is 0 Å². The van der Waals surface area contributed by atoms with E-state index >= 15 is 0 Å². The van der Waals surface area contributed by atoms with Gasteiger partial charge in [-0.3, -0.25) is 14.4 Å². The maximum Gasteiger partial charge on any atom is 0.338 e. The molecule has 29 heavy (non-hydrogen) atoms. The number of hydrogen-bond acceptors (Lipinski definition) is 5. The highest BCUT2D eigenvalue weighted by Gasteiger charge is 2.38. The van der Waals surface area contributed by atoms with Crippen LogP contribution in [0.4, 0.5) is 5.69 Å². The van der Waals surface area contributed by atoms with Crippen molar-refractivity contribution in [1.29, 1.82) is 0 Å². The Morgan fingerprint density at radius 2 is 1.66 bits per heavy atom. The molecule has 2 aliphatic rings. The van der Waals surface area contributed by atoms with Gasteiger partial charge in [-0.05, 0) is 43.2 Å². The Hall–Kier alpha value is -3.19. The second-order valence-corrected chi connectivity index (χ2v) is 7.23. The van der Waals surface area contributed by atoms with E-state index in [9.17, 15) is 19.2 Å². The number of fused-ring (bicyclic) bond motifs is 1. The molecule has 0 saturated carbocycles. The number of amides is 3. The Balaban J connectivity index is 1.52. The van der Waals surface area contributed by atoms with Crippen molar-refractivity contribution in [2.45, 2.75) is 12.8 Å². The van der Waals surface area contributed by atoms with Crippen LogP contribution in [0.25, 0.3) is 0 Å². The summed E-state index contributed by atoms with van der Waals surface area (Å²) in [6.07, 6.45) is 1.89. The van der Waals surface area contributed by atoms with Gasteiger partial charge in [0.1, 0.15) is 0 Å². The average molecular weight is 413 g/mol. The number of para-hydroxylation sites is 1. The molecule has 0 radical (unpaired) electrons. The first-order valence-electron chi connectivity index (χ1n) is 9.19. The van der Waals surface area contributed by atoms with Crippen molar-refractivity contribution in [1.82, 2.24) is 4.90 Å². The summed E-state index contributed by atoms with van der Waals surface area (Å²) in [6, 6.07) is 10.7. The van der Waals surface area contributed by atoms with Crippen LogP contribution >= 0.6 is 11.6 Å². The third-order valence-corrected chi connectivity index (χ3v) is 5.32. The van der Waals surface area contributed by atoms with E-state index in [4.69, 9.17) is 16.3 Å². The molecule has 2 aliphatic heterocycles. The molecule has 1 fully saturated rings. The number of carbonyl (C=O) groups excluding carboxylic acids is 4. The van der Waals surface area contributed by atoms with Gasteiger partial charge in [0.25, 0.3) is 17.7 Å². The smallest absolute Gasteiger partial charge is 0.338 e. The Morgan fingerprint density at radius 3 is 2.38 bits per heavy atom. The number of halogens is 1. The second kappa shape index (κ2) is 7.67. The summed E-state index contributed by atoms with van der Waals surface area (Å²) in [7, 11) is 0. The van der Waals surface area contributed by atoms with E-state index in [0.717, 1.165) is 17.7 Å². The molecule has 0 aromatic heterocycles. The molecule has 7 nitrogen and oxygen atoms in total. The van der Waals surface area contributed by atoms with Crippen LogP contribution in [0.5, 0.6) is 0 Å². The zero-order valence-corrected chi connectivity index (χ0v) is 16.1. The van der Waals surface area contributed by atoms with Crippen LogP contribution < -0.4 is 4.90 Å². The summed E-state index contributed by atoms with van der Waals surface area (Å²) in [5.74, 6) is -2.05. The monoisotopic (exact) mass is 412 g/mol. The molecule has 148 valence electrons. The summed E-state index contributed by atoms with van der Waals surface area (Å²) in [5.41, 5.74) is 0.649. The highest BCUT2D eigenvalue weighted by Crippen LogP contribution is 2.33. The molecular weight excluding hydrogens is 396 g/mol. The lowest BCUT2D eigenvalue weighted by atomic mass is 10.1. The number of esters is 1. The van der Waals surface area contributed by atoms with Crippen molar-refractivity contribution in [3.63, 3.8) is 0 Å². The fourth-order valence-corrected chi connectivity index (χ4v) is 3.71. The first kappa shape index (κ1) is 19.1. The van der Waals surface area contributed by atoms with Gasteiger partial charge in [-0.2, -0.15) is 0 Å². The maximum atomic E-state index is 12.8. The second-order valence-electron chi connectivity index (χ2n) is 6.82. The third-order valence-electron chi connectivity index (χ3n) is 5.00. The number of anilines is 1. The lowest BCUT2D eigenvalue weighted by molar-refractivity contribution is -0.133. The molecule has 0 spiro atoms. The van der Waals surface area contributed by atoms with E-state index in [1.54, 1.807) is 29.2 Å². The van der Waals surface area contributed by atoms with Crippen LogP contribution in [-0.2, 0) is 9.53 Å². The van der Waals surface area contributed by atoms with Crippen molar-refractivity contribution >= 4 is 41.0 Å². The van der Waals surface area contributed by atoms with Gasteiger partial charge < -0.3 is 9.64 Å². The topological polar surface area (TPSA) is 84.0 Å². The highest BCUT2D eigenvalue weighted by atomic mass is 35.5. The predicted octanol–water partition coefficient (Wildman–Crippen LogP) is 2.92. The molecule has 0 unspecified atom stereocenters. The van der Waals surface area contributed by atoms with Crippen LogP contribution in [-0.4, -0.2) is 48.3 Å². The molecule has 1 saturated heterocycles. The van der Waals surface area contributed by atoms with Gasteiger partial charge in [-0.25, -0.2) is 9.69 Å². The molecule has 3 amide bonds. The minimum Gasteiger partial charge on any atom is -0.452 e. The van der Waals surface area contributed by atoms with Crippen LogP contribution in [0.2, 0.25) is 5.02 Å². The van der Waals surface area contributed by atoms with Gasteiger partial charge in [0.2, 0.25) is 0 Å². The fraction of sp³-hybridized carbons (Fsp3) is 0.238. The van der Waals surface area contributed by atoms with Gasteiger partial charge in [-0.15, -0.1) is 0 Å². The quantitative estimate of drug-likeness (QED) is 0.569. The van der Waals surface area contributed by atoms with Crippen molar-refractivity contribution in [2.75, 3.05) is 24.6 Å². The van der Waals surface area contributed by atoms with Gasteiger partial charge in [0.15, 0.2) is 6.61 Å². The first-order valence-corrected chi connectivity index (χ1v) is 9.57. The van der Waals surface area contributed by atoms with Crippen LogP contribution in [0.3, 0.4) is 0 Å². The van der Waals surface area contributed by atoms with Gasteiger partial charge in [-0.1, -0.05) is 23.7 Å². The SMILES string of the molecule is O=C(OCC(=O)N1CCCC1)c1ccc2c(c1)C(=O)N(c1ccccc1Cl)C2=O. The lowest BCUT2D eigenvalue weighted by Crippen LogP contribution is -2.32. The van der Waals surface area contributed by atoms with Crippen LogP contribution in [0.15, 0.2) is 42.5 Å². The van der Waals surface area contributed by atoms with Gasteiger partial charge in [0.05, 0.1) is 27.4 Å². The fourth-order valence-electron chi connectivity index (χ4n) is 3.49. The molecule has 2 heterocycles. The normalized spacial score (nSPS) is 15.6. The Labute approximate surface area is 171 Å². The number of hydrogen-bond donors (Lipinski definition) is 0. The summed E-state index contributed by atoms with van der Waals surface area (Å²) < 4.78 is 5.09. The van der Waals surface area contributed by atoms with E-state index in [2.05, 4.69) is 0 Å². The number of benzene rings is 2. The van der Waals surface area contributed by atoms with Gasteiger partial charge in [0, 0.05) is 13.1 Å². The van der Waals surface area contributed by atoms with Gasteiger partial charge >= 0.3 is 5.97 Å². The molecule has 2 aromatic carbocycles. The zero-order valence-electron chi connectivity index (χ0n) is 15.4. The summed E-state index contributed by atoms with van der Waals surface area (Å²) in [5, 5.41) is 0.266. The zero-order chi connectivity index (χ0) is 20.5. The molecule has 0 N–H and O–H groups in total. The Morgan fingerprint density at radius 1 is 0.966 bits per heavy atom. The molecular formula is C21H17ClN2O5. The van der Waals surface area contributed by atoms with E-state index in [1.165, 1.54) is 18.2 Å². The van der Waals surface area contributed by atoms with Crippen LogP contribution in [0.1, 0.15) is 43.9 Å². The van der Waals surface area contributed by atoms with E-state index < -0.39 is 17.8 Å². The number of carbonyl (C=O) groups is 4. The third kappa shape index (κ3) is 3.49. The van der Waals surface area contributed by atoms with Crippen molar-refractivity contribution < 1.29 is 23.9 Å². The van der Waals surface area contributed by atoms with Crippen LogP contribution in [0, 0.1) is 0 Å². The predicted molar refractivity (Wildman–Crippen MR) is 105 cm³/mol. The molecule has 8 heteroatoms. The molecule has 0 bridgehead atoms. The van der Waals surface area contributed by atoms with Crippen molar-refractivity contribution in [3.05, 3.63) is 64.2 Å². The molecule has 4 rings (SSSR count). The minimum atomic E-state index is -0.725. The van der Waals surface area contributed by atoms with Crippen molar-refractivity contribution in [2.24, 2.45) is 0 Å². The van der Waals surface area contributed by atoms with E-state index in [-0.39, 0.29) is 39.9 Å². The molecule has 0 aliphatic carbocycles. The standard InChI is InChI=1S/C21H17ClN2O5/c22-16-5-1-2-6-17(16)24-19(26)14-8-7-13(11-15(14)20(24)27)21(28)29-12-18(25)23-9-3-4-10-23/h1-2,5-8,11H,3-4,9-10,12H2. The number of rotatable bonds is 4. The van der Waals surface area contributed by atoms with E-state index in [1.807, 2.05) is 0 Å². The lowest BCUT2D eigenvalue weighted by Gasteiger charge is -2.15. The Bertz CT molecular complexity index is 1030. The summed E-state index contributed by atoms with van der Waals surface area (Å²) in [6.45, 7) is 0.988. The highest BCUT2D eigenvalue weighted by molar-refractivity contribution is 6.39. The maximum absolute atomic E-state index is 12.8. The molecule has 0 atom stereocenters. The molecule has 2 aromatic rings. The number of ether oxygens (including phenoxy) is 1. The summed E-state index contributed by atoms with van der Waals surface area (Å²) >= 11 is 6.13. The van der Waals surface area contributed by atoms with E-state index in [0.29, 0.717) is 13.1 Å². The number of imide groups is 1. The Kier molecular flexibility index (Phi) is 5.07. The largest absolute Gasteiger partial charge is 0.452 e. The number of nitrogens with zero attached hydrogens (tertiary/aromatic N) is 2. The summed E-state index contributed by atoms with van der Waals surface area (Å²) in [4.78, 5) is 52.5. The number of likely N-dealkylation sites (tertiary alicyclic amines) is 1.